The van der Waals surface area contributed by atoms with E-state index in [0.29, 0.717) is 22.9 Å². The van der Waals surface area contributed by atoms with Crippen LogP contribution in [0.25, 0.3) is 5.65 Å². The van der Waals surface area contributed by atoms with Crippen LogP contribution in [0.3, 0.4) is 0 Å². The number of methoxy groups -OCH3 is 1. The minimum Gasteiger partial charge on any atom is -0.497 e. The highest BCUT2D eigenvalue weighted by Gasteiger charge is 2.27. The number of nitrogens with one attached hydrogen (secondary N) is 1. The zero-order valence-electron chi connectivity index (χ0n) is 16.6. The lowest BCUT2D eigenvalue weighted by molar-refractivity contribution is 0.235. The number of piperidine rings is 1. The van der Waals surface area contributed by atoms with E-state index in [1.54, 1.807) is 17.7 Å². The molecule has 1 saturated heterocycles. The van der Waals surface area contributed by atoms with Crippen molar-refractivity contribution in [1.82, 2.24) is 14.3 Å². The Bertz CT molecular complexity index is 1030. The van der Waals surface area contributed by atoms with Crippen molar-refractivity contribution < 1.29 is 4.74 Å². The summed E-state index contributed by atoms with van der Waals surface area (Å²) in [6.07, 6.45) is 2.75. The molecule has 146 valence electrons. The van der Waals surface area contributed by atoms with Crippen molar-refractivity contribution in [3.63, 3.8) is 0 Å². The maximum absolute atomic E-state index is 12.7. The summed E-state index contributed by atoms with van der Waals surface area (Å²) >= 11 is 0. The van der Waals surface area contributed by atoms with E-state index < -0.39 is 0 Å². The van der Waals surface area contributed by atoms with E-state index in [2.05, 4.69) is 29.4 Å². The van der Waals surface area contributed by atoms with Gasteiger partial charge in [0.1, 0.15) is 17.2 Å². The smallest absolute Gasteiger partial charge is 0.262 e. The molecule has 0 bridgehead atoms. The van der Waals surface area contributed by atoms with Crippen LogP contribution >= 0.6 is 0 Å². The molecule has 0 saturated carbocycles. The summed E-state index contributed by atoms with van der Waals surface area (Å²) < 4.78 is 6.87. The van der Waals surface area contributed by atoms with Gasteiger partial charge in [-0.2, -0.15) is 0 Å². The summed E-state index contributed by atoms with van der Waals surface area (Å²) in [6, 6.07) is 14.1. The number of likely N-dealkylation sites (tertiary alicyclic amines) is 1. The third kappa shape index (κ3) is 3.60. The number of pyridine rings is 1. The van der Waals surface area contributed by atoms with Gasteiger partial charge in [-0.1, -0.05) is 18.2 Å². The van der Waals surface area contributed by atoms with Crippen molar-refractivity contribution >= 4 is 11.5 Å². The fourth-order valence-corrected chi connectivity index (χ4v) is 4.05. The van der Waals surface area contributed by atoms with Crippen molar-refractivity contribution in [2.75, 3.05) is 32.6 Å². The number of benzene rings is 1. The summed E-state index contributed by atoms with van der Waals surface area (Å²) in [4.78, 5) is 19.7. The molecule has 1 aliphatic heterocycles. The van der Waals surface area contributed by atoms with E-state index in [4.69, 9.17) is 9.72 Å². The van der Waals surface area contributed by atoms with Crippen molar-refractivity contribution in [3.05, 3.63) is 70.1 Å². The maximum Gasteiger partial charge on any atom is 0.262 e. The maximum atomic E-state index is 12.7. The Balaban J connectivity index is 1.58. The summed E-state index contributed by atoms with van der Waals surface area (Å²) in [5.41, 5.74) is 2.60. The van der Waals surface area contributed by atoms with Gasteiger partial charge in [0, 0.05) is 25.3 Å². The molecule has 1 N–H and O–H groups in total. The summed E-state index contributed by atoms with van der Waals surface area (Å²) in [7, 11) is 3.82. The van der Waals surface area contributed by atoms with Gasteiger partial charge in [0.25, 0.3) is 5.56 Å². The minimum absolute atomic E-state index is 0.0241. The molecule has 1 aliphatic rings. The number of likely N-dealkylation sites (N-methyl/N-ethyl adjacent to an activating group) is 1. The van der Waals surface area contributed by atoms with Crippen LogP contribution in [0.15, 0.2) is 53.5 Å². The molecule has 1 aromatic carbocycles. The lowest BCUT2D eigenvalue weighted by atomic mass is 9.88. The molecule has 0 unspecified atom stereocenters. The van der Waals surface area contributed by atoms with Gasteiger partial charge in [-0.25, -0.2) is 4.98 Å². The zero-order chi connectivity index (χ0) is 19.7. The van der Waals surface area contributed by atoms with Crippen LogP contribution in [0, 0.1) is 6.92 Å². The normalized spacial score (nSPS) is 20.2. The molecule has 1 fully saturated rings. The van der Waals surface area contributed by atoms with Gasteiger partial charge >= 0.3 is 0 Å². The third-order valence-corrected chi connectivity index (χ3v) is 5.52. The highest BCUT2D eigenvalue weighted by molar-refractivity contribution is 5.51. The molecule has 2 aromatic heterocycles. The van der Waals surface area contributed by atoms with Crippen LogP contribution in [-0.2, 0) is 0 Å². The van der Waals surface area contributed by atoms with Gasteiger partial charge in [-0.15, -0.1) is 0 Å². The Labute approximate surface area is 164 Å². The quantitative estimate of drug-likeness (QED) is 0.756. The topological polar surface area (TPSA) is 58.9 Å². The van der Waals surface area contributed by atoms with Gasteiger partial charge in [0.15, 0.2) is 0 Å². The molecule has 4 rings (SSSR count). The third-order valence-electron chi connectivity index (χ3n) is 5.52. The van der Waals surface area contributed by atoms with Gasteiger partial charge in [0.05, 0.1) is 12.7 Å². The second kappa shape index (κ2) is 7.64. The number of anilines is 1. The van der Waals surface area contributed by atoms with E-state index in [1.807, 2.05) is 37.3 Å². The Morgan fingerprint density at radius 3 is 2.68 bits per heavy atom. The first-order chi connectivity index (χ1) is 13.5. The van der Waals surface area contributed by atoms with Crippen LogP contribution in [0.1, 0.15) is 23.5 Å². The Morgan fingerprint density at radius 1 is 1.14 bits per heavy atom. The predicted molar refractivity (Wildman–Crippen MR) is 111 cm³/mol. The average molecular weight is 378 g/mol. The Kier molecular flexibility index (Phi) is 5.05. The monoisotopic (exact) mass is 378 g/mol. The van der Waals surface area contributed by atoms with E-state index in [-0.39, 0.29) is 11.6 Å². The first-order valence-electron chi connectivity index (χ1n) is 9.62. The second-order valence-corrected chi connectivity index (χ2v) is 7.59. The first kappa shape index (κ1) is 18.5. The van der Waals surface area contributed by atoms with Crippen LogP contribution in [0.2, 0.25) is 0 Å². The summed E-state index contributed by atoms with van der Waals surface area (Å²) in [5, 5.41) is 3.54. The molecule has 6 nitrogen and oxygen atoms in total. The van der Waals surface area contributed by atoms with Crippen LogP contribution in [0.5, 0.6) is 5.75 Å². The van der Waals surface area contributed by atoms with E-state index in [0.717, 1.165) is 25.3 Å². The standard InChI is InChI=1S/C22H26N4O2/c1-15-21(24-20-6-4-5-11-26(20)22(15)27)23-18-12-17(13-25(2)14-18)16-7-9-19(28-3)10-8-16/h4-11,17-18,23H,12-14H2,1-3H3/t17-,18+/m0/s1. The molecule has 2 atom stereocenters. The Morgan fingerprint density at radius 2 is 1.93 bits per heavy atom. The lowest BCUT2D eigenvalue weighted by Gasteiger charge is -2.36. The van der Waals surface area contributed by atoms with E-state index in [9.17, 15) is 4.79 Å². The minimum atomic E-state index is -0.0241. The molecule has 0 amide bonds. The molecule has 3 heterocycles. The molecule has 0 radical (unpaired) electrons. The molecular formula is C22H26N4O2. The van der Waals surface area contributed by atoms with E-state index in [1.165, 1.54) is 5.56 Å². The van der Waals surface area contributed by atoms with Gasteiger partial charge < -0.3 is 15.0 Å². The van der Waals surface area contributed by atoms with Crippen molar-refractivity contribution in [2.45, 2.75) is 25.3 Å². The molecule has 0 spiro atoms. The van der Waals surface area contributed by atoms with Crippen molar-refractivity contribution in [2.24, 2.45) is 0 Å². The fourth-order valence-electron chi connectivity index (χ4n) is 4.05. The van der Waals surface area contributed by atoms with E-state index >= 15 is 0 Å². The average Bonchev–Trinajstić information content (AvgIpc) is 2.71. The highest BCUT2D eigenvalue weighted by atomic mass is 16.5. The molecule has 3 aromatic rings. The number of nitrogens with zero attached hydrogens (tertiary/aromatic N) is 3. The van der Waals surface area contributed by atoms with Crippen molar-refractivity contribution in [1.29, 1.82) is 0 Å². The first-order valence-corrected chi connectivity index (χ1v) is 9.62. The van der Waals surface area contributed by atoms with Crippen molar-refractivity contribution in [3.8, 4) is 5.75 Å². The van der Waals surface area contributed by atoms with Gasteiger partial charge in [-0.3, -0.25) is 9.20 Å². The Hall–Kier alpha value is -2.86. The number of ether oxygens (including phenoxy) is 1. The SMILES string of the molecule is COc1ccc([C@H]2C[C@@H](Nc3nc4ccccn4c(=O)c3C)CN(C)C2)cc1. The number of fused-ring (bicyclic) bond motifs is 1. The largest absolute Gasteiger partial charge is 0.497 e. The fraction of sp³-hybridized carbons (Fsp3) is 0.364. The summed E-state index contributed by atoms with van der Waals surface area (Å²) in [5.74, 6) is 1.98. The van der Waals surface area contributed by atoms with Crippen LogP contribution < -0.4 is 15.6 Å². The lowest BCUT2D eigenvalue weighted by Crippen LogP contribution is -2.44. The van der Waals surface area contributed by atoms with Crippen LogP contribution in [0.4, 0.5) is 5.82 Å². The number of hydrogen-bond acceptors (Lipinski definition) is 5. The number of hydrogen-bond donors (Lipinski definition) is 1. The second-order valence-electron chi connectivity index (χ2n) is 7.59. The number of aromatic nitrogens is 2. The van der Waals surface area contributed by atoms with Gasteiger partial charge in [0.2, 0.25) is 0 Å². The molecule has 6 heteroatoms. The zero-order valence-corrected chi connectivity index (χ0v) is 16.6. The van der Waals surface area contributed by atoms with Crippen LogP contribution in [-0.4, -0.2) is 47.6 Å². The highest BCUT2D eigenvalue weighted by Crippen LogP contribution is 2.29. The predicted octanol–water partition coefficient (Wildman–Crippen LogP) is 2.91. The number of rotatable bonds is 4. The molecule has 0 aliphatic carbocycles. The van der Waals surface area contributed by atoms with Gasteiger partial charge in [-0.05, 0) is 56.1 Å². The summed E-state index contributed by atoms with van der Waals surface area (Å²) in [6.45, 7) is 3.77. The molecule has 28 heavy (non-hydrogen) atoms. The molecular weight excluding hydrogens is 352 g/mol.